The van der Waals surface area contributed by atoms with Gasteiger partial charge in [0, 0.05) is 18.7 Å². The normalized spacial score (nSPS) is 9.82. The highest BCUT2D eigenvalue weighted by molar-refractivity contribution is 5.94. The summed E-state index contributed by atoms with van der Waals surface area (Å²) >= 11 is 0. The molecule has 0 fully saturated rings. The van der Waals surface area contributed by atoms with E-state index in [1.807, 2.05) is 0 Å². The Balaban J connectivity index is 2.74. The molecule has 0 aliphatic carbocycles. The fourth-order valence-corrected chi connectivity index (χ4v) is 1.36. The number of carbonyl (C=O) groups is 1. The minimum Gasteiger partial charge on any atom is -0.493 e. The van der Waals surface area contributed by atoms with Crippen molar-refractivity contribution in [1.29, 1.82) is 0 Å². The summed E-state index contributed by atoms with van der Waals surface area (Å²) < 4.78 is 10.2. The maximum Gasteiger partial charge on any atom is 0.251 e. The number of aliphatic hydroxyl groups is 1. The number of aliphatic hydroxyl groups excluding tert-OH is 1. The quantitative estimate of drug-likeness (QED) is 0.721. The molecule has 1 rings (SSSR count). The van der Waals surface area contributed by atoms with Crippen LogP contribution in [0.5, 0.6) is 11.5 Å². The fourth-order valence-electron chi connectivity index (χ4n) is 1.36. The van der Waals surface area contributed by atoms with Gasteiger partial charge in [-0.05, 0) is 24.6 Å². The molecular weight excluding hydrogens is 222 g/mol. The first-order chi connectivity index (χ1) is 8.22. The molecule has 1 aromatic rings. The predicted molar refractivity (Wildman–Crippen MR) is 63.6 cm³/mol. The molecule has 0 aliphatic rings. The van der Waals surface area contributed by atoms with Crippen molar-refractivity contribution in [2.24, 2.45) is 0 Å². The molecule has 0 bridgehead atoms. The number of carbonyl (C=O) groups excluding carboxylic acids is 1. The third kappa shape index (κ3) is 3.64. The Labute approximate surface area is 100 Å². The van der Waals surface area contributed by atoms with Gasteiger partial charge in [0.2, 0.25) is 0 Å². The number of benzene rings is 1. The Hall–Kier alpha value is -1.75. The number of nitrogens with one attached hydrogen (secondary N) is 1. The van der Waals surface area contributed by atoms with Crippen molar-refractivity contribution in [3.05, 3.63) is 23.8 Å². The van der Waals surface area contributed by atoms with Crippen LogP contribution >= 0.6 is 0 Å². The highest BCUT2D eigenvalue weighted by Gasteiger charge is 2.09. The van der Waals surface area contributed by atoms with Crippen molar-refractivity contribution in [1.82, 2.24) is 5.32 Å². The van der Waals surface area contributed by atoms with Gasteiger partial charge in [0.1, 0.15) is 0 Å². The fraction of sp³-hybridized carbons (Fsp3) is 0.417. The molecule has 0 saturated carbocycles. The van der Waals surface area contributed by atoms with Crippen molar-refractivity contribution in [3.8, 4) is 11.5 Å². The van der Waals surface area contributed by atoms with Crippen molar-refractivity contribution < 1.29 is 19.4 Å². The highest BCUT2D eigenvalue weighted by Crippen LogP contribution is 2.27. The van der Waals surface area contributed by atoms with Gasteiger partial charge >= 0.3 is 0 Å². The van der Waals surface area contributed by atoms with Crippen molar-refractivity contribution >= 4 is 5.91 Å². The van der Waals surface area contributed by atoms with Gasteiger partial charge < -0.3 is 19.9 Å². The van der Waals surface area contributed by atoms with Crippen LogP contribution in [0.2, 0.25) is 0 Å². The molecule has 5 heteroatoms. The standard InChI is InChI=1S/C12H17NO4/c1-16-10-5-4-9(8-11(10)17-2)12(15)13-6-3-7-14/h4-5,8,14H,3,6-7H2,1-2H3,(H,13,15). The topological polar surface area (TPSA) is 67.8 Å². The van der Waals surface area contributed by atoms with Crippen LogP contribution in [-0.2, 0) is 0 Å². The summed E-state index contributed by atoms with van der Waals surface area (Å²) in [6.07, 6.45) is 0.541. The lowest BCUT2D eigenvalue weighted by Gasteiger charge is -2.09. The molecule has 0 aliphatic heterocycles. The third-order valence-corrected chi connectivity index (χ3v) is 2.27. The molecule has 1 amide bonds. The largest absolute Gasteiger partial charge is 0.493 e. The first-order valence-electron chi connectivity index (χ1n) is 5.34. The zero-order valence-corrected chi connectivity index (χ0v) is 10.0. The predicted octanol–water partition coefficient (Wildman–Crippen LogP) is 0.816. The Kier molecular flexibility index (Phi) is 5.29. The van der Waals surface area contributed by atoms with E-state index in [1.165, 1.54) is 7.11 Å². The molecule has 0 heterocycles. The van der Waals surface area contributed by atoms with Gasteiger partial charge in [-0.2, -0.15) is 0 Å². The average molecular weight is 239 g/mol. The monoisotopic (exact) mass is 239 g/mol. The molecule has 0 spiro atoms. The summed E-state index contributed by atoms with van der Waals surface area (Å²) in [5.74, 6) is 0.904. The Morgan fingerprint density at radius 2 is 2.00 bits per heavy atom. The van der Waals surface area contributed by atoms with Crippen LogP contribution in [0.1, 0.15) is 16.8 Å². The molecule has 0 radical (unpaired) electrons. The number of methoxy groups -OCH3 is 2. The Morgan fingerprint density at radius 3 is 2.59 bits per heavy atom. The van der Waals surface area contributed by atoms with E-state index in [1.54, 1.807) is 25.3 Å². The number of amides is 1. The maximum absolute atomic E-state index is 11.7. The van der Waals surface area contributed by atoms with E-state index in [9.17, 15) is 4.79 Å². The van der Waals surface area contributed by atoms with Gasteiger partial charge in [-0.3, -0.25) is 4.79 Å². The minimum atomic E-state index is -0.195. The summed E-state index contributed by atoms with van der Waals surface area (Å²) in [6.45, 7) is 0.510. The first kappa shape index (κ1) is 13.3. The average Bonchev–Trinajstić information content (AvgIpc) is 2.38. The van der Waals surface area contributed by atoms with Crippen LogP contribution in [0.25, 0.3) is 0 Å². The van der Waals surface area contributed by atoms with E-state index in [4.69, 9.17) is 14.6 Å². The molecule has 0 unspecified atom stereocenters. The Bertz CT molecular complexity index is 379. The van der Waals surface area contributed by atoms with E-state index in [2.05, 4.69) is 5.32 Å². The molecule has 17 heavy (non-hydrogen) atoms. The van der Waals surface area contributed by atoms with Crippen LogP contribution in [0.4, 0.5) is 0 Å². The van der Waals surface area contributed by atoms with Crippen LogP contribution in [0.3, 0.4) is 0 Å². The summed E-state index contributed by atoms with van der Waals surface area (Å²) in [5, 5.41) is 11.3. The lowest BCUT2D eigenvalue weighted by molar-refractivity contribution is 0.0950. The van der Waals surface area contributed by atoms with Gasteiger partial charge in [-0.1, -0.05) is 0 Å². The molecule has 0 aromatic heterocycles. The zero-order valence-electron chi connectivity index (χ0n) is 10.0. The first-order valence-corrected chi connectivity index (χ1v) is 5.34. The van der Waals surface area contributed by atoms with Crippen molar-refractivity contribution in [2.75, 3.05) is 27.4 Å². The van der Waals surface area contributed by atoms with Gasteiger partial charge in [0.15, 0.2) is 11.5 Å². The van der Waals surface area contributed by atoms with E-state index in [0.717, 1.165) is 0 Å². The van der Waals surface area contributed by atoms with Gasteiger partial charge in [0.25, 0.3) is 5.91 Å². The van der Waals surface area contributed by atoms with E-state index in [-0.39, 0.29) is 12.5 Å². The second-order valence-corrected chi connectivity index (χ2v) is 3.40. The van der Waals surface area contributed by atoms with Crippen molar-refractivity contribution in [3.63, 3.8) is 0 Å². The molecular formula is C12H17NO4. The molecule has 5 nitrogen and oxygen atoms in total. The maximum atomic E-state index is 11.7. The summed E-state index contributed by atoms with van der Waals surface area (Å²) in [5.41, 5.74) is 0.501. The number of hydrogen-bond donors (Lipinski definition) is 2. The lowest BCUT2D eigenvalue weighted by Crippen LogP contribution is -2.25. The van der Waals surface area contributed by atoms with Crippen LogP contribution in [-0.4, -0.2) is 38.4 Å². The molecule has 0 atom stereocenters. The van der Waals surface area contributed by atoms with E-state index >= 15 is 0 Å². The lowest BCUT2D eigenvalue weighted by atomic mass is 10.2. The third-order valence-electron chi connectivity index (χ3n) is 2.27. The van der Waals surface area contributed by atoms with Gasteiger partial charge in [-0.15, -0.1) is 0 Å². The zero-order chi connectivity index (χ0) is 12.7. The van der Waals surface area contributed by atoms with Crippen LogP contribution < -0.4 is 14.8 Å². The Morgan fingerprint density at radius 1 is 1.29 bits per heavy atom. The van der Waals surface area contributed by atoms with E-state index < -0.39 is 0 Å². The summed E-state index contributed by atoms with van der Waals surface area (Å²) in [4.78, 5) is 11.7. The number of rotatable bonds is 6. The molecule has 1 aromatic carbocycles. The SMILES string of the molecule is COc1ccc(C(=O)NCCCO)cc1OC. The van der Waals surface area contributed by atoms with Crippen LogP contribution in [0.15, 0.2) is 18.2 Å². The van der Waals surface area contributed by atoms with E-state index in [0.29, 0.717) is 30.0 Å². The minimum absolute atomic E-state index is 0.0617. The smallest absolute Gasteiger partial charge is 0.251 e. The molecule has 2 N–H and O–H groups in total. The molecule has 94 valence electrons. The summed E-state index contributed by atoms with van der Waals surface area (Å²) in [6, 6.07) is 4.96. The van der Waals surface area contributed by atoms with Crippen molar-refractivity contribution in [2.45, 2.75) is 6.42 Å². The van der Waals surface area contributed by atoms with Gasteiger partial charge in [-0.25, -0.2) is 0 Å². The van der Waals surface area contributed by atoms with Crippen LogP contribution in [0, 0.1) is 0 Å². The molecule has 0 saturated heterocycles. The number of hydrogen-bond acceptors (Lipinski definition) is 4. The summed E-state index contributed by atoms with van der Waals surface area (Å²) in [7, 11) is 3.06. The second kappa shape index (κ2) is 6.75. The number of ether oxygens (including phenoxy) is 2. The second-order valence-electron chi connectivity index (χ2n) is 3.40. The van der Waals surface area contributed by atoms with Gasteiger partial charge in [0.05, 0.1) is 14.2 Å². The highest BCUT2D eigenvalue weighted by atomic mass is 16.5.